The highest BCUT2D eigenvalue weighted by Gasteiger charge is 2.21. The zero-order valence-corrected chi connectivity index (χ0v) is 12.9. The lowest BCUT2D eigenvalue weighted by atomic mass is 9.96. The molecule has 5 heteroatoms. The van der Waals surface area contributed by atoms with Crippen LogP contribution in [0.25, 0.3) is 0 Å². The van der Waals surface area contributed by atoms with Crippen molar-refractivity contribution in [2.45, 2.75) is 33.2 Å². The number of rotatable bonds is 7. The Morgan fingerprint density at radius 2 is 2.10 bits per heavy atom. The Labute approximate surface area is 121 Å². The van der Waals surface area contributed by atoms with E-state index in [2.05, 4.69) is 15.4 Å². The Morgan fingerprint density at radius 3 is 2.70 bits per heavy atom. The van der Waals surface area contributed by atoms with E-state index >= 15 is 0 Å². The van der Waals surface area contributed by atoms with Gasteiger partial charge in [-0.25, -0.2) is 0 Å². The number of nitrogens with zero attached hydrogens (tertiary/aromatic N) is 2. The van der Waals surface area contributed by atoms with Gasteiger partial charge in [-0.3, -0.25) is 4.90 Å². The van der Waals surface area contributed by atoms with E-state index in [9.17, 15) is 0 Å². The number of hydrogen-bond donors (Lipinski definition) is 1. The van der Waals surface area contributed by atoms with Crippen LogP contribution < -0.4 is 5.32 Å². The molecular formula is C15H27N3O2. The van der Waals surface area contributed by atoms with Gasteiger partial charge in [0.1, 0.15) is 5.76 Å². The van der Waals surface area contributed by atoms with E-state index in [1.165, 1.54) is 31.5 Å². The van der Waals surface area contributed by atoms with Gasteiger partial charge >= 0.3 is 0 Å². The third-order valence-corrected chi connectivity index (χ3v) is 4.19. The number of piperidine rings is 1. The maximum absolute atomic E-state index is 5.24. The van der Waals surface area contributed by atoms with E-state index in [-0.39, 0.29) is 0 Å². The number of hydrogen-bond acceptors (Lipinski definition) is 5. The van der Waals surface area contributed by atoms with Gasteiger partial charge in [-0.2, -0.15) is 0 Å². The molecule has 0 aliphatic carbocycles. The Morgan fingerprint density at radius 1 is 1.35 bits per heavy atom. The molecule has 0 bridgehead atoms. The van der Waals surface area contributed by atoms with Crippen molar-refractivity contribution >= 4 is 0 Å². The van der Waals surface area contributed by atoms with Crippen LogP contribution in [-0.2, 0) is 11.3 Å². The minimum absolute atomic E-state index is 0.797. The number of methoxy groups -OCH3 is 1. The first-order valence-corrected chi connectivity index (χ1v) is 7.54. The molecule has 1 fully saturated rings. The van der Waals surface area contributed by atoms with E-state index in [1.807, 2.05) is 13.8 Å². The first-order valence-electron chi connectivity index (χ1n) is 7.54. The number of ether oxygens (including phenoxy) is 1. The topological polar surface area (TPSA) is 50.5 Å². The van der Waals surface area contributed by atoms with Crippen LogP contribution in [0.15, 0.2) is 4.52 Å². The van der Waals surface area contributed by atoms with Gasteiger partial charge in [-0.05, 0) is 52.2 Å². The van der Waals surface area contributed by atoms with Crippen molar-refractivity contribution in [3.05, 3.63) is 17.0 Å². The predicted molar refractivity (Wildman–Crippen MR) is 78.7 cm³/mol. The standard InChI is InChI=1S/C15H27N3O2/c1-12-15(13(2)20-17-12)11-18-7-4-14(5-8-18)10-16-6-9-19-3/h14,16H,4-11H2,1-3H3. The van der Waals surface area contributed by atoms with E-state index < -0.39 is 0 Å². The van der Waals surface area contributed by atoms with Crippen LogP contribution in [0.4, 0.5) is 0 Å². The van der Waals surface area contributed by atoms with Crippen LogP contribution in [0.2, 0.25) is 0 Å². The summed E-state index contributed by atoms with van der Waals surface area (Å²) >= 11 is 0. The van der Waals surface area contributed by atoms with Crippen LogP contribution in [-0.4, -0.2) is 50.0 Å². The van der Waals surface area contributed by atoms with Crippen molar-refractivity contribution in [3.63, 3.8) is 0 Å². The minimum Gasteiger partial charge on any atom is -0.383 e. The van der Waals surface area contributed by atoms with E-state index in [0.717, 1.165) is 43.6 Å². The first kappa shape index (κ1) is 15.5. The summed E-state index contributed by atoms with van der Waals surface area (Å²) in [6.07, 6.45) is 2.53. The number of aryl methyl sites for hydroxylation is 2. The Bertz CT molecular complexity index is 378. The smallest absolute Gasteiger partial charge is 0.138 e. The summed E-state index contributed by atoms with van der Waals surface area (Å²) in [5.74, 6) is 1.76. The second-order valence-corrected chi connectivity index (χ2v) is 5.72. The lowest BCUT2D eigenvalue weighted by molar-refractivity contribution is 0.167. The summed E-state index contributed by atoms with van der Waals surface area (Å²) in [7, 11) is 1.74. The maximum atomic E-state index is 5.24. The molecule has 1 saturated heterocycles. The van der Waals surface area contributed by atoms with Crippen molar-refractivity contribution < 1.29 is 9.26 Å². The summed E-state index contributed by atoms with van der Waals surface area (Å²) in [6.45, 7) is 10.2. The summed E-state index contributed by atoms with van der Waals surface area (Å²) in [5, 5.41) is 7.50. The van der Waals surface area contributed by atoms with Gasteiger partial charge in [0.05, 0.1) is 12.3 Å². The maximum Gasteiger partial charge on any atom is 0.138 e. The van der Waals surface area contributed by atoms with E-state index in [1.54, 1.807) is 7.11 Å². The molecule has 0 atom stereocenters. The fourth-order valence-corrected chi connectivity index (χ4v) is 2.78. The summed E-state index contributed by atoms with van der Waals surface area (Å²) in [5.41, 5.74) is 2.30. The van der Waals surface area contributed by atoms with Gasteiger partial charge in [0.2, 0.25) is 0 Å². The average molecular weight is 281 g/mol. The van der Waals surface area contributed by atoms with Crippen molar-refractivity contribution in [2.75, 3.05) is 39.9 Å². The van der Waals surface area contributed by atoms with Gasteiger partial charge < -0.3 is 14.6 Å². The van der Waals surface area contributed by atoms with Crippen LogP contribution in [0.3, 0.4) is 0 Å². The van der Waals surface area contributed by atoms with Crippen LogP contribution in [0, 0.1) is 19.8 Å². The molecule has 20 heavy (non-hydrogen) atoms. The molecule has 0 radical (unpaired) electrons. The molecule has 1 aliphatic heterocycles. The second kappa shape index (κ2) is 7.76. The second-order valence-electron chi connectivity index (χ2n) is 5.72. The summed E-state index contributed by atoms with van der Waals surface area (Å²) in [4.78, 5) is 2.51. The molecule has 0 unspecified atom stereocenters. The Kier molecular flexibility index (Phi) is 6.01. The molecule has 1 aromatic heterocycles. The fraction of sp³-hybridized carbons (Fsp3) is 0.800. The minimum atomic E-state index is 0.797. The first-order chi connectivity index (χ1) is 9.70. The van der Waals surface area contributed by atoms with Crippen molar-refractivity contribution in [1.82, 2.24) is 15.4 Å². The molecule has 2 heterocycles. The third-order valence-electron chi connectivity index (χ3n) is 4.19. The quantitative estimate of drug-likeness (QED) is 0.772. The van der Waals surface area contributed by atoms with E-state index in [0.29, 0.717) is 0 Å². The zero-order valence-electron chi connectivity index (χ0n) is 12.9. The molecule has 0 amide bonds. The lowest BCUT2D eigenvalue weighted by Gasteiger charge is -2.32. The molecule has 0 spiro atoms. The SMILES string of the molecule is COCCNCC1CCN(Cc2c(C)noc2C)CC1. The zero-order chi connectivity index (χ0) is 14.4. The number of likely N-dealkylation sites (tertiary alicyclic amines) is 1. The summed E-state index contributed by atoms with van der Waals surface area (Å²) in [6, 6.07) is 0. The van der Waals surface area contributed by atoms with Gasteiger partial charge in [-0.15, -0.1) is 0 Å². The lowest BCUT2D eigenvalue weighted by Crippen LogP contribution is -2.37. The van der Waals surface area contributed by atoms with Gasteiger partial charge in [0.15, 0.2) is 0 Å². The monoisotopic (exact) mass is 281 g/mol. The van der Waals surface area contributed by atoms with E-state index in [4.69, 9.17) is 9.26 Å². The van der Waals surface area contributed by atoms with Crippen molar-refractivity contribution in [1.29, 1.82) is 0 Å². The molecule has 1 aliphatic rings. The normalized spacial score (nSPS) is 17.8. The molecular weight excluding hydrogens is 254 g/mol. The van der Waals surface area contributed by atoms with Crippen molar-refractivity contribution in [2.24, 2.45) is 5.92 Å². The van der Waals surface area contributed by atoms with Crippen LogP contribution in [0.1, 0.15) is 29.9 Å². The van der Waals surface area contributed by atoms with Gasteiger partial charge in [-0.1, -0.05) is 5.16 Å². The van der Waals surface area contributed by atoms with Gasteiger partial charge in [0, 0.05) is 25.8 Å². The number of aromatic nitrogens is 1. The summed E-state index contributed by atoms with van der Waals surface area (Å²) < 4.78 is 10.3. The predicted octanol–water partition coefficient (Wildman–Crippen LogP) is 1.74. The van der Waals surface area contributed by atoms with Crippen LogP contribution in [0.5, 0.6) is 0 Å². The largest absolute Gasteiger partial charge is 0.383 e. The fourth-order valence-electron chi connectivity index (χ4n) is 2.78. The average Bonchev–Trinajstić information content (AvgIpc) is 2.77. The molecule has 1 N–H and O–H groups in total. The Hall–Kier alpha value is -0.910. The molecule has 0 aromatic carbocycles. The molecule has 1 aromatic rings. The highest BCUT2D eigenvalue weighted by molar-refractivity contribution is 5.20. The molecule has 114 valence electrons. The Balaban J connectivity index is 1.69. The van der Waals surface area contributed by atoms with Gasteiger partial charge in [0.25, 0.3) is 0 Å². The van der Waals surface area contributed by atoms with Crippen LogP contribution >= 0.6 is 0 Å². The molecule has 2 rings (SSSR count). The third kappa shape index (κ3) is 4.30. The molecule has 0 saturated carbocycles. The molecule has 5 nitrogen and oxygen atoms in total. The highest BCUT2D eigenvalue weighted by atomic mass is 16.5. The number of nitrogens with one attached hydrogen (secondary N) is 1. The van der Waals surface area contributed by atoms with Crippen molar-refractivity contribution in [3.8, 4) is 0 Å². The highest BCUT2D eigenvalue weighted by Crippen LogP contribution is 2.21.